The van der Waals surface area contributed by atoms with Crippen molar-refractivity contribution in [3.63, 3.8) is 0 Å². The Kier molecular flexibility index (Phi) is 5.53. The maximum atomic E-state index is 13.2. The van der Waals surface area contributed by atoms with Gasteiger partial charge in [0.25, 0.3) is 5.91 Å². The molecule has 0 aliphatic heterocycles. The molecule has 0 bridgehead atoms. The quantitative estimate of drug-likeness (QED) is 0.814. The van der Waals surface area contributed by atoms with E-state index in [2.05, 4.69) is 15.7 Å². The van der Waals surface area contributed by atoms with Crippen LogP contribution in [0.15, 0.2) is 18.2 Å². The summed E-state index contributed by atoms with van der Waals surface area (Å²) < 4.78 is 40.6. The number of aryl methyl sites for hydroxylation is 1. The molecule has 0 radical (unpaired) electrons. The first-order chi connectivity index (χ1) is 12.1. The summed E-state index contributed by atoms with van der Waals surface area (Å²) in [6.07, 6.45) is 0. The molecule has 0 spiro atoms. The van der Waals surface area contributed by atoms with E-state index in [1.807, 2.05) is 13.8 Å². The Bertz CT molecular complexity index is 827. The smallest absolute Gasteiger partial charge is 0.323 e. The number of halogens is 3. The highest BCUT2D eigenvalue weighted by Gasteiger charge is 2.19. The van der Waals surface area contributed by atoms with Gasteiger partial charge < -0.3 is 10.2 Å². The molecule has 0 saturated carbocycles. The molecule has 0 fully saturated rings. The van der Waals surface area contributed by atoms with E-state index in [1.54, 1.807) is 7.05 Å². The van der Waals surface area contributed by atoms with Gasteiger partial charge >= 0.3 is 6.03 Å². The number of benzene rings is 1. The van der Waals surface area contributed by atoms with Gasteiger partial charge in [-0.25, -0.2) is 18.0 Å². The van der Waals surface area contributed by atoms with E-state index in [9.17, 15) is 22.8 Å². The number of nitrogens with one attached hydrogen (secondary N) is 2. The van der Waals surface area contributed by atoms with E-state index in [0.29, 0.717) is 12.1 Å². The molecule has 140 valence electrons. The van der Waals surface area contributed by atoms with Gasteiger partial charge in [0, 0.05) is 44.0 Å². The normalized spacial score (nSPS) is 10.8. The van der Waals surface area contributed by atoms with Crippen molar-refractivity contribution in [3.05, 3.63) is 41.3 Å². The molecule has 1 aromatic carbocycles. The second kappa shape index (κ2) is 7.46. The fourth-order valence-electron chi connectivity index (χ4n) is 2.00. The highest BCUT2D eigenvalue weighted by Crippen LogP contribution is 2.19. The third-order valence-corrected chi connectivity index (χ3v) is 3.68. The number of anilines is 2. The van der Waals surface area contributed by atoms with Crippen LogP contribution in [-0.4, -0.2) is 39.7 Å². The van der Waals surface area contributed by atoms with Crippen LogP contribution >= 0.6 is 0 Å². The van der Waals surface area contributed by atoms with Crippen molar-refractivity contribution in [2.75, 3.05) is 17.7 Å². The van der Waals surface area contributed by atoms with Crippen LogP contribution in [0, 0.1) is 17.5 Å². The molecule has 0 aliphatic rings. The summed E-state index contributed by atoms with van der Waals surface area (Å²) in [6.45, 7) is 3.66. The third-order valence-electron chi connectivity index (χ3n) is 3.68. The van der Waals surface area contributed by atoms with Gasteiger partial charge in [0.15, 0.2) is 23.3 Å². The summed E-state index contributed by atoms with van der Waals surface area (Å²) in [7, 11) is 3.07. The number of amides is 3. The van der Waals surface area contributed by atoms with Crippen molar-refractivity contribution < 1.29 is 22.8 Å². The van der Waals surface area contributed by atoms with Gasteiger partial charge in [0.2, 0.25) is 0 Å². The SMILES string of the molecule is CC(C)N(C)C(=O)Nc1cc(C(=O)Nc2cc(F)c(F)c(F)c2)n(C)n1. The second-order valence-electron chi connectivity index (χ2n) is 5.88. The van der Waals surface area contributed by atoms with E-state index in [1.165, 1.54) is 22.7 Å². The molecule has 1 aromatic heterocycles. The summed E-state index contributed by atoms with van der Waals surface area (Å²) in [6, 6.07) is 2.18. The predicted octanol–water partition coefficient (Wildman–Crippen LogP) is 2.96. The van der Waals surface area contributed by atoms with Crippen molar-refractivity contribution in [3.8, 4) is 0 Å². The summed E-state index contributed by atoms with van der Waals surface area (Å²) in [5.41, 5.74) is -0.227. The zero-order valence-electron chi connectivity index (χ0n) is 14.6. The van der Waals surface area contributed by atoms with Gasteiger partial charge in [0.1, 0.15) is 5.69 Å². The van der Waals surface area contributed by atoms with Crippen molar-refractivity contribution in [1.82, 2.24) is 14.7 Å². The largest absolute Gasteiger partial charge is 0.325 e. The monoisotopic (exact) mass is 369 g/mol. The lowest BCUT2D eigenvalue weighted by atomic mass is 10.2. The third kappa shape index (κ3) is 4.13. The van der Waals surface area contributed by atoms with Crippen LogP contribution in [-0.2, 0) is 7.05 Å². The first kappa shape index (κ1) is 19.3. The number of urea groups is 1. The van der Waals surface area contributed by atoms with Crippen LogP contribution in [0.4, 0.5) is 29.5 Å². The summed E-state index contributed by atoms with van der Waals surface area (Å²) in [5, 5.41) is 8.77. The number of hydrogen-bond acceptors (Lipinski definition) is 3. The van der Waals surface area contributed by atoms with Gasteiger partial charge in [-0.05, 0) is 13.8 Å². The number of carbonyl (C=O) groups excluding carboxylic acids is 2. The minimum Gasteiger partial charge on any atom is -0.325 e. The Balaban J connectivity index is 2.15. The van der Waals surface area contributed by atoms with Crippen LogP contribution in [0.1, 0.15) is 24.3 Å². The van der Waals surface area contributed by atoms with Gasteiger partial charge in [0.05, 0.1) is 0 Å². The Morgan fingerprint density at radius 2 is 1.69 bits per heavy atom. The molecule has 0 atom stereocenters. The number of hydrogen-bond donors (Lipinski definition) is 2. The van der Waals surface area contributed by atoms with E-state index in [-0.39, 0.29) is 23.2 Å². The highest BCUT2D eigenvalue weighted by molar-refractivity contribution is 6.04. The Labute approximate surface area is 147 Å². The predicted molar refractivity (Wildman–Crippen MR) is 89.4 cm³/mol. The van der Waals surface area contributed by atoms with Gasteiger partial charge in [-0.2, -0.15) is 5.10 Å². The molecule has 10 heteroatoms. The van der Waals surface area contributed by atoms with Crippen molar-refractivity contribution in [2.45, 2.75) is 19.9 Å². The highest BCUT2D eigenvalue weighted by atomic mass is 19.2. The molecule has 1 heterocycles. The zero-order valence-corrected chi connectivity index (χ0v) is 14.6. The molecule has 2 aromatic rings. The van der Waals surface area contributed by atoms with Crippen molar-refractivity contribution in [2.24, 2.45) is 7.05 Å². The maximum Gasteiger partial charge on any atom is 0.323 e. The Hall–Kier alpha value is -3.04. The number of carbonyl (C=O) groups is 2. The molecule has 26 heavy (non-hydrogen) atoms. The van der Waals surface area contributed by atoms with Crippen LogP contribution in [0.25, 0.3) is 0 Å². The van der Waals surface area contributed by atoms with E-state index < -0.39 is 29.4 Å². The zero-order chi connectivity index (χ0) is 19.6. The van der Waals surface area contributed by atoms with Crippen LogP contribution in [0.5, 0.6) is 0 Å². The Morgan fingerprint density at radius 1 is 1.12 bits per heavy atom. The summed E-state index contributed by atoms with van der Waals surface area (Å²) in [4.78, 5) is 25.7. The number of nitrogens with zero attached hydrogens (tertiary/aromatic N) is 3. The fourth-order valence-corrected chi connectivity index (χ4v) is 2.00. The first-order valence-electron chi connectivity index (χ1n) is 7.64. The lowest BCUT2D eigenvalue weighted by Crippen LogP contribution is -2.36. The minimum absolute atomic E-state index is 0.0256. The first-order valence-corrected chi connectivity index (χ1v) is 7.64. The van der Waals surface area contributed by atoms with Gasteiger partial charge in [-0.15, -0.1) is 0 Å². The molecule has 2 rings (SSSR count). The lowest BCUT2D eigenvalue weighted by molar-refractivity contribution is 0.101. The maximum absolute atomic E-state index is 13.2. The topological polar surface area (TPSA) is 79.3 Å². The van der Waals surface area contributed by atoms with Crippen LogP contribution in [0.2, 0.25) is 0 Å². The van der Waals surface area contributed by atoms with Gasteiger partial charge in [-0.3, -0.25) is 14.8 Å². The second-order valence-corrected chi connectivity index (χ2v) is 5.88. The molecular weight excluding hydrogens is 351 g/mol. The number of aromatic nitrogens is 2. The van der Waals surface area contributed by atoms with Crippen molar-refractivity contribution in [1.29, 1.82) is 0 Å². The van der Waals surface area contributed by atoms with E-state index >= 15 is 0 Å². The number of rotatable bonds is 4. The average Bonchev–Trinajstić information content (AvgIpc) is 2.92. The molecule has 7 nitrogen and oxygen atoms in total. The molecule has 0 aliphatic carbocycles. The van der Waals surface area contributed by atoms with Crippen LogP contribution < -0.4 is 10.6 Å². The fraction of sp³-hybridized carbons (Fsp3) is 0.312. The molecule has 3 amide bonds. The van der Waals surface area contributed by atoms with E-state index in [4.69, 9.17) is 0 Å². The summed E-state index contributed by atoms with van der Waals surface area (Å²) >= 11 is 0. The lowest BCUT2D eigenvalue weighted by Gasteiger charge is -2.20. The minimum atomic E-state index is -1.62. The molecular formula is C16H18F3N5O2. The standard InChI is InChI=1S/C16H18F3N5O2/c1-8(2)23(3)16(26)21-13-7-12(24(4)22-13)15(25)20-9-5-10(17)14(19)11(18)6-9/h5-8H,1-4H3,(H,20,25)(H,21,22,26). The molecule has 0 unspecified atom stereocenters. The Morgan fingerprint density at radius 3 is 2.23 bits per heavy atom. The van der Waals surface area contributed by atoms with Crippen LogP contribution in [0.3, 0.4) is 0 Å². The van der Waals surface area contributed by atoms with Crippen molar-refractivity contribution >= 4 is 23.4 Å². The summed E-state index contributed by atoms with van der Waals surface area (Å²) in [5.74, 6) is -5.07. The molecule has 0 saturated heterocycles. The van der Waals surface area contributed by atoms with E-state index in [0.717, 1.165) is 0 Å². The molecule has 2 N–H and O–H groups in total. The van der Waals surface area contributed by atoms with Gasteiger partial charge in [-0.1, -0.05) is 0 Å². The average molecular weight is 369 g/mol.